The Kier molecular flexibility index (Phi) is 3.98. The van der Waals surface area contributed by atoms with E-state index >= 15 is 0 Å². The molecule has 1 amide bonds. The van der Waals surface area contributed by atoms with E-state index in [-0.39, 0.29) is 5.39 Å². The van der Waals surface area contributed by atoms with Gasteiger partial charge in [-0.2, -0.15) is 0 Å². The lowest BCUT2D eigenvalue weighted by Gasteiger charge is -2.13. The Morgan fingerprint density at radius 3 is 2.56 bits per heavy atom. The van der Waals surface area contributed by atoms with Crippen molar-refractivity contribution in [1.29, 1.82) is 0 Å². The lowest BCUT2D eigenvalue weighted by atomic mass is 10.1. The molecule has 0 fully saturated rings. The summed E-state index contributed by atoms with van der Waals surface area (Å²) in [5.41, 5.74) is 6.90. The topological polar surface area (TPSA) is 114 Å². The number of anilines is 2. The molecule has 126 valence electrons. The molecule has 0 radical (unpaired) electrons. The number of nitrogen functional groups attached to an aromatic ring is 1. The summed E-state index contributed by atoms with van der Waals surface area (Å²) in [6, 6.07) is 10.8. The number of hydrogen-bond acceptors (Lipinski definition) is 4. The third kappa shape index (κ3) is 2.94. The molecule has 1 heterocycles. The number of nitrogens with one attached hydrogen (secondary N) is 1. The quantitative estimate of drug-likeness (QED) is 0.622. The van der Waals surface area contributed by atoms with Gasteiger partial charge in [0.05, 0.1) is 5.52 Å². The fourth-order valence-electron chi connectivity index (χ4n) is 2.50. The fraction of sp³-hybridized carbons (Fsp3) is 0.0556. The molecule has 25 heavy (non-hydrogen) atoms. The molecule has 0 atom stereocenters. The molecule has 0 aliphatic carbocycles. The van der Waals surface area contributed by atoms with Crippen LogP contribution in [0.2, 0.25) is 0 Å². The van der Waals surface area contributed by atoms with E-state index in [0.29, 0.717) is 16.9 Å². The van der Waals surface area contributed by atoms with Gasteiger partial charge in [-0.1, -0.05) is 18.2 Å². The second kappa shape index (κ2) is 6.12. The molecular formula is C18H15N3O4. The van der Waals surface area contributed by atoms with E-state index in [4.69, 9.17) is 5.73 Å². The summed E-state index contributed by atoms with van der Waals surface area (Å²) in [6.07, 6.45) is 1.03. The summed E-state index contributed by atoms with van der Waals surface area (Å²) in [6.45, 7) is 1.84. The maximum Gasteiger partial charge on any atom is 0.341 e. The van der Waals surface area contributed by atoms with Gasteiger partial charge < -0.3 is 16.2 Å². The summed E-state index contributed by atoms with van der Waals surface area (Å²) in [5, 5.41) is 12.0. The van der Waals surface area contributed by atoms with E-state index < -0.39 is 23.0 Å². The van der Waals surface area contributed by atoms with Crippen LogP contribution in [-0.2, 0) is 0 Å². The van der Waals surface area contributed by atoms with Crippen LogP contribution in [0, 0.1) is 6.92 Å². The highest BCUT2D eigenvalue weighted by Crippen LogP contribution is 2.18. The molecule has 0 aliphatic heterocycles. The average Bonchev–Trinajstić information content (AvgIpc) is 2.58. The summed E-state index contributed by atoms with van der Waals surface area (Å²) in [7, 11) is 0. The first-order chi connectivity index (χ1) is 11.9. The van der Waals surface area contributed by atoms with Crippen molar-refractivity contribution in [3.05, 3.63) is 70.0 Å². The number of hydrogen-bond donors (Lipinski definition) is 3. The Morgan fingerprint density at radius 1 is 1.16 bits per heavy atom. The summed E-state index contributed by atoms with van der Waals surface area (Å²) in [5.74, 6) is -1.39. The van der Waals surface area contributed by atoms with Gasteiger partial charge in [0.1, 0.15) is 5.56 Å². The van der Waals surface area contributed by atoms with Gasteiger partial charge in [-0.15, -0.1) is 0 Å². The number of carboxylic acids is 1. The largest absolute Gasteiger partial charge is 0.477 e. The predicted octanol–water partition coefficient (Wildman–Crippen LogP) is 2.67. The van der Waals surface area contributed by atoms with Crippen molar-refractivity contribution in [2.45, 2.75) is 6.92 Å². The normalized spacial score (nSPS) is 10.6. The molecule has 0 saturated heterocycles. The van der Waals surface area contributed by atoms with E-state index in [9.17, 15) is 19.5 Å². The smallest absolute Gasteiger partial charge is 0.341 e. The van der Waals surface area contributed by atoms with Gasteiger partial charge in [-0.05, 0) is 36.8 Å². The van der Waals surface area contributed by atoms with Crippen molar-refractivity contribution in [1.82, 2.24) is 4.57 Å². The molecule has 0 saturated carbocycles. The molecular weight excluding hydrogens is 322 g/mol. The van der Waals surface area contributed by atoms with E-state index in [1.54, 1.807) is 36.4 Å². The van der Waals surface area contributed by atoms with Crippen LogP contribution in [0.15, 0.2) is 53.5 Å². The van der Waals surface area contributed by atoms with E-state index in [1.165, 1.54) is 6.07 Å². The van der Waals surface area contributed by atoms with Crippen LogP contribution in [0.5, 0.6) is 0 Å². The van der Waals surface area contributed by atoms with Crippen LogP contribution in [0.3, 0.4) is 0 Å². The van der Waals surface area contributed by atoms with E-state index in [2.05, 4.69) is 5.32 Å². The van der Waals surface area contributed by atoms with Crippen LogP contribution < -0.4 is 16.5 Å². The molecule has 4 N–H and O–H groups in total. The van der Waals surface area contributed by atoms with Crippen molar-refractivity contribution >= 4 is 34.3 Å². The van der Waals surface area contributed by atoms with Crippen LogP contribution in [-0.4, -0.2) is 21.7 Å². The number of rotatable bonds is 2. The third-order valence-corrected chi connectivity index (χ3v) is 3.89. The minimum atomic E-state index is -1.39. The van der Waals surface area contributed by atoms with Gasteiger partial charge in [0, 0.05) is 23.0 Å². The molecule has 0 aliphatic rings. The van der Waals surface area contributed by atoms with Gasteiger partial charge >= 0.3 is 12.0 Å². The second-order valence-corrected chi connectivity index (χ2v) is 5.57. The monoisotopic (exact) mass is 337 g/mol. The molecule has 0 unspecified atom stereocenters. The number of nitrogens with two attached hydrogens (primary N) is 1. The van der Waals surface area contributed by atoms with Gasteiger partial charge in [0.15, 0.2) is 0 Å². The fourth-order valence-corrected chi connectivity index (χ4v) is 2.50. The van der Waals surface area contributed by atoms with Crippen molar-refractivity contribution in [3.63, 3.8) is 0 Å². The standard InChI is InChI=1S/C18H15N3O4/c1-10-6-7-11(8-14(10)19)20-18(25)21-9-13(17(23)24)16(22)12-4-2-3-5-15(12)21/h2-9H,19H2,1H3,(H,20,25)(H,23,24). The lowest BCUT2D eigenvalue weighted by Crippen LogP contribution is -2.25. The van der Waals surface area contributed by atoms with Crippen molar-refractivity contribution in [3.8, 4) is 0 Å². The Hall–Kier alpha value is -3.61. The third-order valence-electron chi connectivity index (χ3n) is 3.89. The van der Waals surface area contributed by atoms with E-state index in [1.807, 2.05) is 6.92 Å². The predicted molar refractivity (Wildman–Crippen MR) is 95.2 cm³/mol. The Labute approximate surface area is 142 Å². The van der Waals surface area contributed by atoms with Crippen molar-refractivity contribution in [2.75, 3.05) is 11.1 Å². The van der Waals surface area contributed by atoms with Gasteiger partial charge in [-0.3, -0.25) is 9.36 Å². The van der Waals surface area contributed by atoms with Crippen LogP contribution >= 0.6 is 0 Å². The molecule has 1 aromatic heterocycles. The molecule has 7 heteroatoms. The first-order valence-electron chi connectivity index (χ1n) is 7.43. The minimum absolute atomic E-state index is 0.154. The number of amides is 1. The number of pyridine rings is 1. The number of aromatic nitrogens is 1. The summed E-state index contributed by atoms with van der Waals surface area (Å²) >= 11 is 0. The highest BCUT2D eigenvalue weighted by atomic mass is 16.4. The number of carbonyl (C=O) groups is 2. The number of aromatic carboxylic acids is 1. The van der Waals surface area contributed by atoms with Gasteiger partial charge in [0.2, 0.25) is 5.43 Å². The lowest BCUT2D eigenvalue weighted by molar-refractivity contribution is 0.0695. The maximum atomic E-state index is 12.6. The Balaban J connectivity index is 2.12. The molecule has 0 spiro atoms. The summed E-state index contributed by atoms with van der Waals surface area (Å²) < 4.78 is 1.11. The van der Waals surface area contributed by atoms with Crippen LogP contribution in [0.1, 0.15) is 15.9 Å². The Morgan fingerprint density at radius 2 is 1.88 bits per heavy atom. The number of carboxylic acid groups (broad SMARTS) is 1. The van der Waals surface area contributed by atoms with Crippen molar-refractivity contribution < 1.29 is 14.7 Å². The molecule has 3 aromatic rings. The van der Waals surface area contributed by atoms with Crippen LogP contribution in [0.25, 0.3) is 10.9 Å². The highest BCUT2D eigenvalue weighted by molar-refractivity contribution is 6.00. The molecule has 2 aromatic carbocycles. The maximum absolute atomic E-state index is 12.6. The average molecular weight is 337 g/mol. The first kappa shape index (κ1) is 16.3. The van der Waals surface area contributed by atoms with E-state index in [0.717, 1.165) is 16.3 Å². The van der Waals surface area contributed by atoms with Crippen LogP contribution in [0.4, 0.5) is 16.2 Å². The number of aryl methyl sites for hydroxylation is 1. The second-order valence-electron chi connectivity index (χ2n) is 5.57. The zero-order valence-corrected chi connectivity index (χ0v) is 13.3. The number of benzene rings is 2. The first-order valence-corrected chi connectivity index (χ1v) is 7.43. The highest BCUT2D eigenvalue weighted by Gasteiger charge is 2.17. The molecule has 3 rings (SSSR count). The van der Waals surface area contributed by atoms with Gasteiger partial charge in [0.25, 0.3) is 0 Å². The number of para-hydroxylation sites is 1. The van der Waals surface area contributed by atoms with Crippen molar-refractivity contribution in [2.24, 2.45) is 0 Å². The summed E-state index contributed by atoms with van der Waals surface area (Å²) in [4.78, 5) is 36.2. The molecule has 0 bridgehead atoms. The minimum Gasteiger partial charge on any atom is -0.477 e. The Bertz CT molecular complexity index is 1070. The zero-order valence-electron chi connectivity index (χ0n) is 13.3. The molecule has 7 nitrogen and oxygen atoms in total. The SMILES string of the molecule is Cc1ccc(NC(=O)n2cc(C(=O)O)c(=O)c3ccccc32)cc1N. The van der Waals surface area contributed by atoms with Gasteiger partial charge in [-0.25, -0.2) is 9.59 Å². The number of carbonyl (C=O) groups excluding carboxylic acids is 1. The zero-order chi connectivity index (χ0) is 18.1. The number of nitrogens with zero attached hydrogens (tertiary/aromatic N) is 1. The number of fused-ring (bicyclic) bond motifs is 1.